The Morgan fingerprint density at radius 3 is 2.79 bits per heavy atom. The van der Waals surface area contributed by atoms with Gasteiger partial charge in [0.1, 0.15) is 0 Å². The summed E-state index contributed by atoms with van der Waals surface area (Å²) >= 11 is 1.76. The first kappa shape index (κ1) is 13.9. The van der Waals surface area contributed by atoms with E-state index in [1.165, 1.54) is 10.4 Å². The van der Waals surface area contributed by atoms with Gasteiger partial charge in [-0.05, 0) is 36.2 Å². The maximum atomic E-state index is 5.84. The van der Waals surface area contributed by atoms with Crippen molar-refractivity contribution in [3.05, 3.63) is 46.2 Å². The minimum absolute atomic E-state index is 0.667. The molecule has 0 atom stereocenters. The fourth-order valence-corrected chi connectivity index (χ4v) is 2.55. The highest BCUT2D eigenvalue weighted by Crippen LogP contribution is 2.28. The summed E-state index contributed by atoms with van der Waals surface area (Å²) in [6.07, 6.45) is 0.928. The largest absolute Gasteiger partial charge is 0.493 e. The number of hydrogen-bond acceptors (Lipinski definition) is 4. The van der Waals surface area contributed by atoms with E-state index in [4.69, 9.17) is 9.47 Å². The molecule has 2 aromatic rings. The van der Waals surface area contributed by atoms with Gasteiger partial charge in [-0.15, -0.1) is 11.3 Å². The van der Waals surface area contributed by atoms with Crippen molar-refractivity contribution in [1.82, 2.24) is 5.32 Å². The van der Waals surface area contributed by atoms with E-state index < -0.39 is 0 Å². The first-order valence-corrected chi connectivity index (χ1v) is 7.18. The maximum absolute atomic E-state index is 5.84. The van der Waals surface area contributed by atoms with Crippen molar-refractivity contribution in [3.8, 4) is 11.5 Å². The van der Waals surface area contributed by atoms with Crippen LogP contribution in [0.15, 0.2) is 35.7 Å². The van der Waals surface area contributed by atoms with Crippen LogP contribution in [-0.4, -0.2) is 20.8 Å². The van der Waals surface area contributed by atoms with Crippen molar-refractivity contribution in [1.29, 1.82) is 0 Å². The minimum Gasteiger partial charge on any atom is -0.493 e. The standard InChI is InChI=1S/C15H19NO2S/c1-16-11-12-5-6-14(17-2)15(10-12)18-8-7-13-4-3-9-19-13/h3-6,9-10,16H,7-8,11H2,1-2H3. The highest BCUT2D eigenvalue weighted by Gasteiger charge is 2.06. The summed E-state index contributed by atoms with van der Waals surface area (Å²) in [5, 5.41) is 5.22. The quantitative estimate of drug-likeness (QED) is 0.843. The SMILES string of the molecule is CNCc1ccc(OC)c(OCCc2cccs2)c1. The van der Waals surface area contributed by atoms with Crippen LogP contribution in [0.1, 0.15) is 10.4 Å². The first-order chi connectivity index (χ1) is 9.33. The number of hydrogen-bond donors (Lipinski definition) is 1. The van der Waals surface area contributed by atoms with Crippen LogP contribution in [0.2, 0.25) is 0 Å². The number of thiophene rings is 1. The molecule has 4 heteroatoms. The molecule has 2 rings (SSSR count). The van der Waals surface area contributed by atoms with Gasteiger partial charge in [-0.1, -0.05) is 12.1 Å². The van der Waals surface area contributed by atoms with E-state index in [0.717, 1.165) is 24.5 Å². The Hall–Kier alpha value is -1.52. The number of benzene rings is 1. The maximum Gasteiger partial charge on any atom is 0.161 e. The number of nitrogens with one attached hydrogen (secondary N) is 1. The zero-order valence-electron chi connectivity index (χ0n) is 11.3. The lowest BCUT2D eigenvalue weighted by atomic mass is 10.2. The third-order valence-corrected chi connectivity index (χ3v) is 3.73. The van der Waals surface area contributed by atoms with E-state index in [-0.39, 0.29) is 0 Å². The summed E-state index contributed by atoms with van der Waals surface area (Å²) in [6, 6.07) is 10.2. The van der Waals surface area contributed by atoms with E-state index in [1.54, 1.807) is 18.4 Å². The van der Waals surface area contributed by atoms with Crippen LogP contribution in [0.25, 0.3) is 0 Å². The van der Waals surface area contributed by atoms with Gasteiger partial charge in [-0.2, -0.15) is 0 Å². The van der Waals surface area contributed by atoms with Crippen molar-refractivity contribution in [2.24, 2.45) is 0 Å². The fourth-order valence-electron chi connectivity index (χ4n) is 1.86. The van der Waals surface area contributed by atoms with Crippen molar-refractivity contribution >= 4 is 11.3 Å². The molecule has 0 fully saturated rings. The molecular formula is C15H19NO2S. The molecule has 1 aromatic heterocycles. The number of methoxy groups -OCH3 is 1. The van der Waals surface area contributed by atoms with Gasteiger partial charge in [0.2, 0.25) is 0 Å². The van der Waals surface area contributed by atoms with Crippen molar-refractivity contribution in [3.63, 3.8) is 0 Å². The summed E-state index contributed by atoms with van der Waals surface area (Å²) in [4.78, 5) is 1.34. The number of ether oxygens (including phenoxy) is 2. The molecule has 3 nitrogen and oxygen atoms in total. The lowest BCUT2D eigenvalue weighted by Crippen LogP contribution is -2.06. The molecule has 0 amide bonds. The van der Waals surface area contributed by atoms with Crippen LogP contribution < -0.4 is 14.8 Å². The molecule has 0 spiro atoms. The Morgan fingerprint density at radius 2 is 2.11 bits per heavy atom. The van der Waals surface area contributed by atoms with E-state index in [0.29, 0.717) is 6.61 Å². The molecule has 0 aliphatic heterocycles. The Balaban J connectivity index is 1.98. The minimum atomic E-state index is 0.667. The third-order valence-electron chi connectivity index (χ3n) is 2.80. The molecule has 19 heavy (non-hydrogen) atoms. The lowest BCUT2D eigenvalue weighted by molar-refractivity contribution is 0.298. The van der Waals surface area contributed by atoms with E-state index in [9.17, 15) is 0 Å². The van der Waals surface area contributed by atoms with Gasteiger partial charge in [0, 0.05) is 17.8 Å². The van der Waals surface area contributed by atoms with Gasteiger partial charge in [0.25, 0.3) is 0 Å². The van der Waals surface area contributed by atoms with Crippen molar-refractivity contribution < 1.29 is 9.47 Å². The van der Waals surface area contributed by atoms with E-state index in [2.05, 4.69) is 22.8 Å². The van der Waals surface area contributed by atoms with E-state index in [1.807, 2.05) is 25.2 Å². The molecule has 0 radical (unpaired) electrons. The molecule has 0 unspecified atom stereocenters. The Labute approximate surface area is 118 Å². The van der Waals surface area contributed by atoms with Crippen LogP contribution >= 0.6 is 11.3 Å². The second-order valence-corrected chi connectivity index (χ2v) is 5.23. The molecule has 1 N–H and O–H groups in total. The van der Waals surface area contributed by atoms with Crippen molar-refractivity contribution in [2.75, 3.05) is 20.8 Å². The van der Waals surface area contributed by atoms with Crippen LogP contribution in [0, 0.1) is 0 Å². The molecule has 0 aliphatic carbocycles. The number of rotatable bonds is 7. The van der Waals surface area contributed by atoms with Crippen LogP contribution in [0.3, 0.4) is 0 Å². The van der Waals surface area contributed by atoms with Gasteiger partial charge in [-0.3, -0.25) is 0 Å². The molecule has 102 valence electrons. The van der Waals surface area contributed by atoms with Gasteiger partial charge in [0.15, 0.2) is 11.5 Å². The predicted molar refractivity (Wildman–Crippen MR) is 79.3 cm³/mol. The zero-order valence-corrected chi connectivity index (χ0v) is 12.1. The zero-order chi connectivity index (χ0) is 13.5. The van der Waals surface area contributed by atoms with Crippen LogP contribution in [0.5, 0.6) is 11.5 Å². The van der Waals surface area contributed by atoms with Gasteiger partial charge in [0.05, 0.1) is 13.7 Å². The molecule has 1 aromatic carbocycles. The topological polar surface area (TPSA) is 30.5 Å². The second kappa shape index (κ2) is 7.16. The van der Waals surface area contributed by atoms with Crippen molar-refractivity contribution in [2.45, 2.75) is 13.0 Å². The third kappa shape index (κ3) is 3.98. The molecular weight excluding hydrogens is 258 g/mol. The summed E-state index contributed by atoms with van der Waals surface area (Å²) in [5.41, 5.74) is 1.19. The summed E-state index contributed by atoms with van der Waals surface area (Å²) in [5.74, 6) is 1.60. The predicted octanol–water partition coefficient (Wildman–Crippen LogP) is 3.10. The molecule has 0 aliphatic rings. The molecule has 1 heterocycles. The van der Waals surface area contributed by atoms with Crippen LogP contribution in [-0.2, 0) is 13.0 Å². The van der Waals surface area contributed by atoms with Gasteiger partial charge < -0.3 is 14.8 Å². The average molecular weight is 277 g/mol. The average Bonchev–Trinajstić information content (AvgIpc) is 2.93. The highest BCUT2D eigenvalue weighted by molar-refractivity contribution is 7.09. The van der Waals surface area contributed by atoms with E-state index >= 15 is 0 Å². The van der Waals surface area contributed by atoms with Gasteiger partial charge >= 0.3 is 0 Å². The smallest absolute Gasteiger partial charge is 0.161 e. The fraction of sp³-hybridized carbons (Fsp3) is 0.333. The Kier molecular flexibility index (Phi) is 5.24. The molecule has 0 saturated carbocycles. The molecule has 0 saturated heterocycles. The summed E-state index contributed by atoms with van der Waals surface area (Å²) < 4.78 is 11.2. The lowest BCUT2D eigenvalue weighted by Gasteiger charge is -2.12. The first-order valence-electron chi connectivity index (χ1n) is 6.30. The normalized spacial score (nSPS) is 10.4. The molecule has 0 bridgehead atoms. The summed E-state index contributed by atoms with van der Waals surface area (Å²) in [7, 11) is 3.60. The van der Waals surface area contributed by atoms with Gasteiger partial charge in [-0.25, -0.2) is 0 Å². The van der Waals surface area contributed by atoms with Crippen LogP contribution in [0.4, 0.5) is 0 Å². The highest BCUT2D eigenvalue weighted by atomic mass is 32.1. The Bertz CT molecular complexity index is 497. The summed E-state index contributed by atoms with van der Waals surface area (Å²) in [6.45, 7) is 1.49. The monoisotopic (exact) mass is 277 g/mol. The Morgan fingerprint density at radius 1 is 1.21 bits per heavy atom. The second-order valence-electron chi connectivity index (χ2n) is 4.19.